The molecule has 0 N–H and O–H groups in total. The molecule has 0 fully saturated rings. The molecule has 6 rings (SSSR count). The van der Waals surface area contributed by atoms with Crippen LogP contribution in [0.5, 0.6) is 23.0 Å². The zero-order chi connectivity index (χ0) is 31.0. The molecule has 2 atom stereocenters. The Morgan fingerprint density at radius 2 is 0.932 bits per heavy atom. The van der Waals surface area contributed by atoms with Crippen LogP contribution < -0.4 is 18.9 Å². The van der Waals surface area contributed by atoms with Crippen LogP contribution in [0.25, 0.3) is 0 Å². The summed E-state index contributed by atoms with van der Waals surface area (Å²) in [7, 11) is 6.52. The van der Waals surface area contributed by atoms with Gasteiger partial charge in [0.2, 0.25) is 0 Å². The van der Waals surface area contributed by atoms with Gasteiger partial charge in [0.15, 0.2) is 23.0 Å². The zero-order valence-electron chi connectivity index (χ0n) is 25.1. The van der Waals surface area contributed by atoms with Crippen LogP contribution in [0.3, 0.4) is 0 Å². The molecule has 0 bridgehead atoms. The van der Waals surface area contributed by atoms with Crippen LogP contribution in [-0.4, -0.2) is 57.4 Å². The van der Waals surface area contributed by atoms with E-state index < -0.39 is 0 Å². The number of benzene rings is 4. The monoisotopic (exact) mass is 632 g/mol. The predicted octanol–water partition coefficient (Wildman–Crippen LogP) is 7.74. The minimum absolute atomic E-state index is 0.0641. The number of methoxy groups -OCH3 is 4. The molecular formula is C35H34Cl2N2O5. The van der Waals surface area contributed by atoms with Crippen LogP contribution in [0.1, 0.15) is 45.5 Å². The van der Waals surface area contributed by atoms with Crippen molar-refractivity contribution in [2.75, 3.05) is 41.5 Å². The number of amides is 2. The minimum atomic E-state index is -0.360. The van der Waals surface area contributed by atoms with Crippen LogP contribution in [-0.2, 0) is 12.8 Å². The van der Waals surface area contributed by atoms with Gasteiger partial charge >= 0.3 is 6.03 Å². The molecule has 0 spiro atoms. The van der Waals surface area contributed by atoms with Crippen molar-refractivity contribution in [1.29, 1.82) is 0 Å². The molecule has 7 nitrogen and oxygen atoms in total. The Kier molecular flexibility index (Phi) is 8.52. The summed E-state index contributed by atoms with van der Waals surface area (Å²) in [5.74, 6) is 2.57. The van der Waals surface area contributed by atoms with Gasteiger partial charge in [-0.15, -0.1) is 0 Å². The molecule has 4 aromatic carbocycles. The number of hydrogen-bond acceptors (Lipinski definition) is 5. The number of fused-ring (bicyclic) bond motifs is 2. The molecule has 228 valence electrons. The molecule has 2 heterocycles. The van der Waals surface area contributed by atoms with Crippen LogP contribution in [0.2, 0.25) is 10.0 Å². The number of urea groups is 1. The predicted molar refractivity (Wildman–Crippen MR) is 172 cm³/mol. The van der Waals surface area contributed by atoms with E-state index >= 15 is 0 Å². The van der Waals surface area contributed by atoms with Gasteiger partial charge in [-0.2, -0.15) is 0 Å². The highest BCUT2D eigenvalue weighted by molar-refractivity contribution is 6.30. The fourth-order valence-electron chi connectivity index (χ4n) is 6.48. The molecule has 0 unspecified atom stereocenters. The highest BCUT2D eigenvalue weighted by Gasteiger charge is 2.40. The summed E-state index contributed by atoms with van der Waals surface area (Å²) in [6.45, 7) is 1.05. The molecule has 0 saturated heterocycles. The van der Waals surface area contributed by atoms with Gasteiger partial charge in [-0.3, -0.25) is 0 Å². The number of ether oxygens (including phenoxy) is 4. The summed E-state index contributed by atoms with van der Waals surface area (Å²) in [5.41, 5.74) is 6.14. The number of rotatable bonds is 6. The Morgan fingerprint density at radius 3 is 1.27 bits per heavy atom. The number of halogens is 2. The summed E-state index contributed by atoms with van der Waals surface area (Å²) in [6.07, 6.45) is 1.35. The molecular weight excluding hydrogens is 599 g/mol. The van der Waals surface area contributed by atoms with Gasteiger partial charge in [-0.1, -0.05) is 47.5 Å². The van der Waals surface area contributed by atoms with Gasteiger partial charge in [0.05, 0.1) is 40.5 Å². The molecule has 0 aromatic heterocycles. The van der Waals surface area contributed by atoms with Crippen molar-refractivity contribution in [3.63, 3.8) is 0 Å². The first-order chi connectivity index (χ1) is 21.4. The first-order valence-corrected chi connectivity index (χ1v) is 15.2. The molecule has 0 saturated carbocycles. The van der Waals surface area contributed by atoms with E-state index in [1.54, 1.807) is 28.4 Å². The Bertz CT molecular complexity index is 1550. The second-order valence-corrected chi connectivity index (χ2v) is 11.8. The normalized spacial score (nSPS) is 17.4. The van der Waals surface area contributed by atoms with Crippen molar-refractivity contribution in [2.45, 2.75) is 24.9 Å². The molecule has 4 aromatic rings. The summed E-state index contributed by atoms with van der Waals surface area (Å²) >= 11 is 12.6. The molecule has 0 radical (unpaired) electrons. The quantitative estimate of drug-likeness (QED) is 0.218. The fourth-order valence-corrected chi connectivity index (χ4v) is 6.73. The van der Waals surface area contributed by atoms with E-state index in [0.29, 0.717) is 59.0 Å². The van der Waals surface area contributed by atoms with E-state index in [9.17, 15) is 4.79 Å². The minimum Gasteiger partial charge on any atom is -0.493 e. The van der Waals surface area contributed by atoms with Gasteiger partial charge in [0, 0.05) is 23.1 Å². The molecule has 2 aliphatic heterocycles. The van der Waals surface area contributed by atoms with Crippen LogP contribution >= 0.6 is 23.2 Å². The van der Waals surface area contributed by atoms with Crippen molar-refractivity contribution in [3.8, 4) is 23.0 Å². The lowest BCUT2D eigenvalue weighted by molar-refractivity contribution is 0.123. The number of hydrogen-bond donors (Lipinski definition) is 0. The zero-order valence-corrected chi connectivity index (χ0v) is 26.6. The van der Waals surface area contributed by atoms with Crippen molar-refractivity contribution in [3.05, 3.63) is 116 Å². The maximum atomic E-state index is 14.9. The molecule has 9 heteroatoms. The third-order valence-corrected chi connectivity index (χ3v) is 9.11. The summed E-state index contributed by atoms with van der Waals surface area (Å²) in [5, 5.41) is 1.27. The molecule has 2 aliphatic rings. The van der Waals surface area contributed by atoms with E-state index in [1.165, 1.54) is 0 Å². The van der Waals surface area contributed by atoms with Gasteiger partial charge in [0.25, 0.3) is 0 Å². The van der Waals surface area contributed by atoms with Gasteiger partial charge in [0.1, 0.15) is 0 Å². The number of carbonyl (C=O) groups is 1. The van der Waals surface area contributed by atoms with E-state index in [-0.39, 0.29) is 18.1 Å². The molecule has 0 aliphatic carbocycles. The summed E-state index contributed by atoms with van der Waals surface area (Å²) < 4.78 is 22.6. The number of carbonyl (C=O) groups excluding carboxylic acids is 1. The van der Waals surface area contributed by atoms with Crippen molar-refractivity contribution in [2.24, 2.45) is 0 Å². The average Bonchev–Trinajstić information content (AvgIpc) is 3.06. The highest BCUT2D eigenvalue weighted by Crippen LogP contribution is 2.45. The lowest BCUT2D eigenvalue weighted by atomic mass is 9.86. The average molecular weight is 634 g/mol. The fraction of sp³-hybridized carbons (Fsp3) is 0.286. The third-order valence-electron chi connectivity index (χ3n) is 8.61. The highest BCUT2D eigenvalue weighted by atomic mass is 35.5. The van der Waals surface area contributed by atoms with E-state index in [4.69, 9.17) is 42.1 Å². The van der Waals surface area contributed by atoms with Crippen LogP contribution in [0.15, 0.2) is 72.8 Å². The van der Waals surface area contributed by atoms with E-state index in [0.717, 1.165) is 33.4 Å². The first-order valence-electron chi connectivity index (χ1n) is 14.4. The lowest BCUT2D eigenvalue weighted by Gasteiger charge is -2.45. The van der Waals surface area contributed by atoms with Crippen molar-refractivity contribution < 1.29 is 23.7 Å². The van der Waals surface area contributed by atoms with Crippen molar-refractivity contribution in [1.82, 2.24) is 9.80 Å². The molecule has 44 heavy (non-hydrogen) atoms. The lowest BCUT2D eigenvalue weighted by Crippen LogP contribution is -2.51. The smallest absolute Gasteiger partial charge is 0.321 e. The molecule has 2 amide bonds. The Hall–Kier alpha value is -4.07. The standard InChI is InChI=1S/C35H34Cl2N2O5/c1-41-29-17-23-13-15-38(33(27(23)19-31(29)43-3)21-5-9-25(36)10-6-21)35(40)39-16-14-24-18-30(42-2)32(44-4)20-28(24)34(39)22-7-11-26(37)12-8-22/h5-12,17-20,33-34H,13-16H2,1-4H3/t33-,34-/m0/s1. The SMILES string of the molecule is COc1cc2c(cc1OC)[C@H](c1ccc(Cl)cc1)N(C(=O)N1CCc3cc(OC)c(OC)cc3[C@@H]1c1ccc(Cl)cc1)CC2. The van der Waals surface area contributed by atoms with Gasteiger partial charge < -0.3 is 28.7 Å². The van der Waals surface area contributed by atoms with Gasteiger partial charge in [-0.05, 0) is 94.8 Å². The Balaban J connectivity index is 1.47. The largest absolute Gasteiger partial charge is 0.493 e. The summed E-state index contributed by atoms with van der Waals surface area (Å²) in [6, 6.07) is 22.6. The second-order valence-electron chi connectivity index (χ2n) is 10.9. The van der Waals surface area contributed by atoms with Crippen molar-refractivity contribution >= 4 is 29.2 Å². The Morgan fingerprint density at radius 1 is 0.591 bits per heavy atom. The Labute approximate surface area is 267 Å². The van der Waals surface area contributed by atoms with E-state index in [1.807, 2.05) is 82.6 Å². The van der Waals surface area contributed by atoms with Crippen LogP contribution in [0.4, 0.5) is 4.79 Å². The van der Waals surface area contributed by atoms with Crippen LogP contribution in [0, 0.1) is 0 Å². The second kappa shape index (κ2) is 12.5. The van der Waals surface area contributed by atoms with Gasteiger partial charge in [-0.25, -0.2) is 4.79 Å². The first kappa shape index (κ1) is 30.0. The topological polar surface area (TPSA) is 60.5 Å². The maximum Gasteiger partial charge on any atom is 0.321 e. The van der Waals surface area contributed by atoms with E-state index in [2.05, 4.69) is 0 Å². The number of nitrogens with zero attached hydrogens (tertiary/aromatic N) is 2. The summed E-state index contributed by atoms with van der Waals surface area (Å²) in [4.78, 5) is 18.8. The maximum absolute atomic E-state index is 14.9. The third kappa shape index (κ3) is 5.39.